The maximum Gasteiger partial charge on any atom is 0.155 e. The standard InChI is InChI=1S/C21H19N3OS/c1-14(2)15-5-7-16(8-6-15)22-21-20-18(11-13-26-20)23-19(24-21)10-9-17-4-3-12-25-17/h3-14H,1-2H3,(H,22,23,24)/b10-9+. The topological polar surface area (TPSA) is 51.0 Å². The molecule has 0 unspecified atom stereocenters. The van der Waals surface area contributed by atoms with E-state index in [1.807, 2.05) is 35.7 Å². The van der Waals surface area contributed by atoms with E-state index in [2.05, 4.69) is 53.4 Å². The number of rotatable bonds is 5. The molecule has 130 valence electrons. The van der Waals surface area contributed by atoms with Gasteiger partial charge in [-0.05, 0) is 59.3 Å². The number of thiophene rings is 1. The molecule has 0 spiro atoms. The fourth-order valence-electron chi connectivity index (χ4n) is 2.67. The lowest BCUT2D eigenvalue weighted by Crippen LogP contribution is -1.98. The van der Waals surface area contributed by atoms with E-state index in [9.17, 15) is 0 Å². The molecule has 3 heterocycles. The average molecular weight is 361 g/mol. The van der Waals surface area contributed by atoms with Crippen LogP contribution in [-0.2, 0) is 0 Å². The van der Waals surface area contributed by atoms with Crippen LogP contribution in [0.5, 0.6) is 0 Å². The largest absolute Gasteiger partial charge is 0.465 e. The number of hydrogen-bond acceptors (Lipinski definition) is 5. The third-order valence-electron chi connectivity index (χ3n) is 4.10. The molecule has 0 aliphatic heterocycles. The Hall–Kier alpha value is -2.92. The first-order chi connectivity index (χ1) is 12.7. The minimum Gasteiger partial charge on any atom is -0.465 e. The second kappa shape index (κ2) is 7.14. The summed E-state index contributed by atoms with van der Waals surface area (Å²) in [6.45, 7) is 4.39. The van der Waals surface area contributed by atoms with Gasteiger partial charge in [0.25, 0.3) is 0 Å². The number of hydrogen-bond donors (Lipinski definition) is 1. The summed E-state index contributed by atoms with van der Waals surface area (Å²) in [6.07, 6.45) is 5.38. The van der Waals surface area contributed by atoms with E-state index in [0.29, 0.717) is 11.7 Å². The first-order valence-corrected chi connectivity index (χ1v) is 9.41. The predicted molar refractivity (Wildman–Crippen MR) is 109 cm³/mol. The lowest BCUT2D eigenvalue weighted by atomic mass is 10.0. The van der Waals surface area contributed by atoms with Gasteiger partial charge < -0.3 is 9.73 Å². The van der Waals surface area contributed by atoms with Gasteiger partial charge in [0.15, 0.2) is 11.6 Å². The Morgan fingerprint density at radius 1 is 1.04 bits per heavy atom. The van der Waals surface area contributed by atoms with Crippen LogP contribution in [0.25, 0.3) is 22.4 Å². The Kier molecular flexibility index (Phi) is 4.54. The molecule has 0 amide bonds. The number of anilines is 2. The van der Waals surface area contributed by atoms with Gasteiger partial charge >= 0.3 is 0 Å². The van der Waals surface area contributed by atoms with E-state index < -0.39 is 0 Å². The average Bonchev–Trinajstić information content (AvgIpc) is 3.32. The fraction of sp³-hybridized carbons (Fsp3) is 0.143. The number of aromatic nitrogens is 2. The number of furan rings is 1. The van der Waals surface area contributed by atoms with E-state index in [-0.39, 0.29) is 0 Å². The molecule has 0 radical (unpaired) electrons. The summed E-state index contributed by atoms with van der Waals surface area (Å²) in [4.78, 5) is 9.29. The molecule has 4 rings (SSSR count). The summed E-state index contributed by atoms with van der Waals surface area (Å²) in [7, 11) is 0. The van der Waals surface area contributed by atoms with Gasteiger partial charge in [-0.25, -0.2) is 9.97 Å². The molecule has 0 atom stereocenters. The van der Waals surface area contributed by atoms with E-state index in [1.165, 1.54) is 5.56 Å². The van der Waals surface area contributed by atoms with Crippen molar-refractivity contribution >= 4 is 45.2 Å². The van der Waals surface area contributed by atoms with E-state index in [1.54, 1.807) is 17.6 Å². The number of nitrogens with zero attached hydrogens (tertiary/aromatic N) is 2. The number of benzene rings is 1. The molecular weight excluding hydrogens is 342 g/mol. The molecule has 1 N–H and O–H groups in total. The summed E-state index contributed by atoms with van der Waals surface area (Å²) in [5.74, 6) is 2.76. The van der Waals surface area contributed by atoms with Gasteiger partial charge in [-0.1, -0.05) is 26.0 Å². The zero-order valence-electron chi connectivity index (χ0n) is 14.6. The molecule has 0 saturated heterocycles. The summed E-state index contributed by atoms with van der Waals surface area (Å²) in [6, 6.07) is 14.3. The van der Waals surface area contributed by atoms with Crippen molar-refractivity contribution in [3.63, 3.8) is 0 Å². The molecule has 4 aromatic rings. The van der Waals surface area contributed by atoms with Crippen LogP contribution in [0.1, 0.15) is 36.9 Å². The van der Waals surface area contributed by atoms with Crippen LogP contribution in [0.4, 0.5) is 11.5 Å². The minimum atomic E-state index is 0.519. The molecule has 3 aromatic heterocycles. The third kappa shape index (κ3) is 3.53. The van der Waals surface area contributed by atoms with Gasteiger partial charge in [0, 0.05) is 5.69 Å². The van der Waals surface area contributed by atoms with Crippen LogP contribution in [0.15, 0.2) is 58.5 Å². The van der Waals surface area contributed by atoms with E-state index >= 15 is 0 Å². The van der Waals surface area contributed by atoms with Gasteiger partial charge in [0.05, 0.1) is 16.5 Å². The summed E-state index contributed by atoms with van der Waals surface area (Å²) >= 11 is 1.64. The predicted octanol–water partition coefficient (Wildman–Crippen LogP) is 6.32. The molecule has 0 fully saturated rings. The van der Waals surface area contributed by atoms with Gasteiger partial charge in [-0.15, -0.1) is 11.3 Å². The zero-order valence-corrected chi connectivity index (χ0v) is 15.5. The number of fused-ring (bicyclic) bond motifs is 1. The van der Waals surface area contributed by atoms with Crippen LogP contribution >= 0.6 is 11.3 Å². The van der Waals surface area contributed by atoms with Gasteiger partial charge in [-0.3, -0.25) is 0 Å². The van der Waals surface area contributed by atoms with Crippen LogP contribution in [0, 0.1) is 0 Å². The van der Waals surface area contributed by atoms with Crippen molar-refractivity contribution in [2.24, 2.45) is 0 Å². The fourth-order valence-corrected chi connectivity index (χ4v) is 3.45. The Labute approximate surface area is 156 Å². The molecule has 1 aromatic carbocycles. The highest BCUT2D eigenvalue weighted by atomic mass is 32.1. The molecule has 4 nitrogen and oxygen atoms in total. The maximum absolute atomic E-state index is 5.33. The summed E-state index contributed by atoms with van der Waals surface area (Å²) < 4.78 is 6.38. The maximum atomic E-state index is 5.33. The Morgan fingerprint density at radius 3 is 2.62 bits per heavy atom. The highest BCUT2D eigenvalue weighted by molar-refractivity contribution is 7.17. The van der Waals surface area contributed by atoms with E-state index in [4.69, 9.17) is 4.42 Å². The van der Waals surface area contributed by atoms with Crippen molar-refractivity contribution in [2.45, 2.75) is 19.8 Å². The second-order valence-corrected chi connectivity index (χ2v) is 7.23. The molecule has 0 aliphatic carbocycles. The Balaban J connectivity index is 1.66. The summed E-state index contributed by atoms with van der Waals surface area (Å²) in [5, 5.41) is 5.47. The van der Waals surface area contributed by atoms with Crippen molar-refractivity contribution in [1.82, 2.24) is 9.97 Å². The molecule has 26 heavy (non-hydrogen) atoms. The molecular formula is C21H19N3OS. The van der Waals surface area contributed by atoms with Crippen LogP contribution in [-0.4, -0.2) is 9.97 Å². The van der Waals surface area contributed by atoms with Crippen molar-refractivity contribution in [1.29, 1.82) is 0 Å². The minimum absolute atomic E-state index is 0.519. The molecule has 5 heteroatoms. The smallest absolute Gasteiger partial charge is 0.155 e. The van der Waals surface area contributed by atoms with Crippen LogP contribution < -0.4 is 5.32 Å². The lowest BCUT2D eigenvalue weighted by molar-refractivity contribution is 0.557. The molecule has 0 aliphatic rings. The van der Waals surface area contributed by atoms with E-state index in [0.717, 1.165) is 27.5 Å². The Bertz CT molecular complexity index is 1030. The lowest BCUT2D eigenvalue weighted by Gasteiger charge is -2.10. The Morgan fingerprint density at radius 2 is 1.88 bits per heavy atom. The second-order valence-electron chi connectivity index (χ2n) is 6.32. The SMILES string of the molecule is CC(C)c1ccc(Nc2nc(/C=C/c3ccco3)nc3ccsc23)cc1. The van der Waals surface area contributed by atoms with Crippen molar-refractivity contribution in [2.75, 3.05) is 5.32 Å². The van der Waals surface area contributed by atoms with Crippen molar-refractivity contribution < 1.29 is 4.42 Å². The van der Waals surface area contributed by atoms with Gasteiger partial charge in [-0.2, -0.15) is 0 Å². The first kappa shape index (κ1) is 16.5. The number of nitrogens with one attached hydrogen (secondary N) is 1. The van der Waals surface area contributed by atoms with Gasteiger partial charge in [0.1, 0.15) is 5.76 Å². The normalized spacial score (nSPS) is 11.7. The van der Waals surface area contributed by atoms with Crippen LogP contribution in [0.2, 0.25) is 0 Å². The molecule has 0 bridgehead atoms. The first-order valence-electron chi connectivity index (χ1n) is 8.53. The highest BCUT2D eigenvalue weighted by Crippen LogP contribution is 2.29. The zero-order chi connectivity index (χ0) is 17.9. The van der Waals surface area contributed by atoms with Crippen molar-refractivity contribution in [3.8, 4) is 0 Å². The van der Waals surface area contributed by atoms with Crippen LogP contribution in [0.3, 0.4) is 0 Å². The highest BCUT2D eigenvalue weighted by Gasteiger charge is 2.09. The molecule has 0 saturated carbocycles. The van der Waals surface area contributed by atoms with Gasteiger partial charge in [0.2, 0.25) is 0 Å². The third-order valence-corrected chi connectivity index (χ3v) is 5.01. The van der Waals surface area contributed by atoms with Crippen molar-refractivity contribution in [3.05, 3.63) is 71.3 Å². The summed E-state index contributed by atoms with van der Waals surface area (Å²) in [5.41, 5.74) is 3.27. The quantitative estimate of drug-likeness (QED) is 0.452. The monoisotopic (exact) mass is 361 g/mol.